The predicted octanol–water partition coefficient (Wildman–Crippen LogP) is 2.78. The van der Waals surface area contributed by atoms with E-state index >= 15 is 0 Å². The van der Waals surface area contributed by atoms with Crippen molar-refractivity contribution >= 4 is 0 Å². The van der Waals surface area contributed by atoms with Gasteiger partial charge in [-0.05, 0) is 45.7 Å². The Morgan fingerprint density at radius 2 is 1.88 bits per heavy atom. The van der Waals surface area contributed by atoms with E-state index in [1.807, 2.05) is 0 Å². The summed E-state index contributed by atoms with van der Waals surface area (Å²) in [5.74, 6) is 0. The molecule has 0 amide bonds. The molecule has 1 saturated carbocycles. The second kappa shape index (κ2) is 6.02. The first kappa shape index (κ1) is 12.4. The van der Waals surface area contributed by atoms with Crippen LogP contribution in [0.25, 0.3) is 0 Å². The molecule has 2 heteroatoms. The monoisotopic (exact) mass is 224 g/mol. The molecule has 3 unspecified atom stereocenters. The summed E-state index contributed by atoms with van der Waals surface area (Å²) in [6, 6.07) is 2.44. The zero-order chi connectivity index (χ0) is 11.4. The molecule has 1 saturated heterocycles. The SMILES string of the molecule is CCC1CCCN1C1CCCCCC1NC. The Hall–Kier alpha value is -0.0800. The van der Waals surface area contributed by atoms with Crippen molar-refractivity contribution in [1.82, 2.24) is 10.2 Å². The van der Waals surface area contributed by atoms with Gasteiger partial charge in [-0.15, -0.1) is 0 Å². The largest absolute Gasteiger partial charge is 0.315 e. The minimum Gasteiger partial charge on any atom is -0.315 e. The summed E-state index contributed by atoms with van der Waals surface area (Å²) >= 11 is 0. The molecule has 1 heterocycles. The molecule has 2 nitrogen and oxygen atoms in total. The Kier molecular flexibility index (Phi) is 4.66. The van der Waals surface area contributed by atoms with E-state index < -0.39 is 0 Å². The van der Waals surface area contributed by atoms with Crippen LogP contribution in [0, 0.1) is 0 Å². The molecule has 1 aliphatic carbocycles. The summed E-state index contributed by atoms with van der Waals surface area (Å²) < 4.78 is 0. The molecule has 0 radical (unpaired) electrons. The minimum absolute atomic E-state index is 0.745. The fraction of sp³-hybridized carbons (Fsp3) is 1.00. The zero-order valence-electron chi connectivity index (χ0n) is 11.0. The van der Waals surface area contributed by atoms with Crippen LogP contribution >= 0.6 is 0 Å². The van der Waals surface area contributed by atoms with Crippen molar-refractivity contribution in [2.75, 3.05) is 13.6 Å². The molecule has 1 N–H and O–H groups in total. The van der Waals surface area contributed by atoms with Gasteiger partial charge >= 0.3 is 0 Å². The van der Waals surface area contributed by atoms with Crippen molar-refractivity contribution in [3.63, 3.8) is 0 Å². The fourth-order valence-electron chi connectivity index (χ4n) is 3.75. The molecule has 0 aromatic rings. The molecule has 3 atom stereocenters. The van der Waals surface area contributed by atoms with Gasteiger partial charge in [0.15, 0.2) is 0 Å². The molecule has 0 aromatic heterocycles. The van der Waals surface area contributed by atoms with Crippen LogP contribution in [-0.2, 0) is 0 Å². The maximum absolute atomic E-state index is 3.57. The van der Waals surface area contributed by atoms with Crippen molar-refractivity contribution in [2.45, 2.75) is 76.4 Å². The highest BCUT2D eigenvalue weighted by molar-refractivity contribution is 4.91. The Balaban J connectivity index is 2.03. The molecule has 1 aliphatic heterocycles. The fourth-order valence-corrected chi connectivity index (χ4v) is 3.75. The van der Waals surface area contributed by atoms with E-state index in [2.05, 4.69) is 24.2 Å². The van der Waals surface area contributed by atoms with E-state index in [1.54, 1.807) is 0 Å². The van der Waals surface area contributed by atoms with Gasteiger partial charge in [-0.2, -0.15) is 0 Å². The molecule has 2 rings (SSSR count). The first-order chi connectivity index (χ1) is 7.86. The first-order valence-electron chi connectivity index (χ1n) is 7.29. The molecule has 2 aliphatic rings. The van der Waals surface area contributed by atoms with Gasteiger partial charge in [-0.1, -0.05) is 26.2 Å². The van der Waals surface area contributed by atoms with E-state index in [-0.39, 0.29) is 0 Å². The standard InChI is InChI=1S/C14H28N2/c1-3-12-8-7-11-16(12)14-10-6-4-5-9-13(14)15-2/h12-15H,3-11H2,1-2H3. The van der Waals surface area contributed by atoms with Gasteiger partial charge in [0, 0.05) is 18.1 Å². The predicted molar refractivity (Wildman–Crippen MR) is 69.7 cm³/mol. The van der Waals surface area contributed by atoms with E-state index in [0.29, 0.717) is 0 Å². The van der Waals surface area contributed by atoms with Crippen LogP contribution in [0.15, 0.2) is 0 Å². The zero-order valence-corrected chi connectivity index (χ0v) is 11.0. The van der Waals surface area contributed by atoms with Gasteiger partial charge in [-0.25, -0.2) is 0 Å². The lowest BCUT2D eigenvalue weighted by atomic mass is 10.00. The van der Waals surface area contributed by atoms with E-state index in [9.17, 15) is 0 Å². The Morgan fingerprint density at radius 1 is 1.06 bits per heavy atom. The van der Waals surface area contributed by atoms with Crippen LogP contribution in [0.3, 0.4) is 0 Å². The van der Waals surface area contributed by atoms with Crippen molar-refractivity contribution in [1.29, 1.82) is 0 Å². The lowest BCUT2D eigenvalue weighted by Gasteiger charge is -2.37. The molecule has 0 aromatic carbocycles. The topological polar surface area (TPSA) is 15.3 Å². The van der Waals surface area contributed by atoms with Gasteiger partial charge in [0.25, 0.3) is 0 Å². The van der Waals surface area contributed by atoms with Crippen molar-refractivity contribution < 1.29 is 0 Å². The van der Waals surface area contributed by atoms with E-state index in [4.69, 9.17) is 0 Å². The van der Waals surface area contributed by atoms with Crippen LogP contribution in [0.1, 0.15) is 58.3 Å². The van der Waals surface area contributed by atoms with Crippen LogP contribution in [0.2, 0.25) is 0 Å². The van der Waals surface area contributed by atoms with Crippen molar-refractivity contribution in [3.05, 3.63) is 0 Å². The number of nitrogens with zero attached hydrogens (tertiary/aromatic N) is 1. The smallest absolute Gasteiger partial charge is 0.0252 e. The third kappa shape index (κ3) is 2.60. The summed E-state index contributed by atoms with van der Waals surface area (Å²) in [5, 5.41) is 3.57. The Morgan fingerprint density at radius 3 is 2.62 bits per heavy atom. The highest BCUT2D eigenvalue weighted by Crippen LogP contribution is 2.29. The molecule has 16 heavy (non-hydrogen) atoms. The van der Waals surface area contributed by atoms with Crippen molar-refractivity contribution in [2.24, 2.45) is 0 Å². The van der Waals surface area contributed by atoms with E-state index in [0.717, 1.165) is 18.1 Å². The van der Waals surface area contributed by atoms with Crippen LogP contribution in [0.4, 0.5) is 0 Å². The van der Waals surface area contributed by atoms with Gasteiger partial charge in [0.05, 0.1) is 0 Å². The normalized spacial score (nSPS) is 37.5. The third-order valence-corrected chi connectivity index (χ3v) is 4.67. The number of likely N-dealkylation sites (tertiary alicyclic amines) is 1. The number of hydrogen-bond donors (Lipinski definition) is 1. The van der Waals surface area contributed by atoms with Crippen LogP contribution in [-0.4, -0.2) is 36.6 Å². The summed E-state index contributed by atoms with van der Waals surface area (Å²) in [6.07, 6.45) is 11.3. The Labute approximate surface area is 101 Å². The number of hydrogen-bond acceptors (Lipinski definition) is 2. The molecule has 0 bridgehead atoms. The number of nitrogens with one attached hydrogen (secondary N) is 1. The molecular weight excluding hydrogens is 196 g/mol. The number of rotatable bonds is 3. The average Bonchev–Trinajstić information content (AvgIpc) is 2.66. The van der Waals surface area contributed by atoms with Gasteiger partial charge in [-0.3, -0.25) is 4.90 Å². The van der Waals surface area contributed by atoms with Crippen molar-refractivity contribution in [3.8, 4) is 0 Å². The second-order valence-electron chi connectivity index (χ2n) is 5.54. The van der Waals surface area contributed by atoms with Gasteiger partial charge in [0.1, 0.15) is 0 Å². The molecule has 94 valence electrons. The lowest BCUT2D eigenvalue weighted by Crippen LogP contribution is -2.50. The molecular formula is C14H28N2. The first-order valence-corrected chi connectivity index (χ1v) is 7.29. The van der Waals surface area contributed by atoms with Crippen LogP contribution < -0.4 is 5.32 Å². The average molecular weight is 224 g/mol. The van der Waals surface area contributed by atoms with Gasteiger partial charge in [0.2, 0.25) is 0 Å². The quantitative estimate of drug-likeness (QED) is 0.742. The summed E-state index contributed by atoms with van der Waals surface area (Å²) in [4.78, 5) is 2.83. The lowest BCUT2D eigenvalue weighted by molar-refractivity contribution is 0.134. The van der Waals surface area contributed by atoms with Gasteiger partial charge < -0.3 is 5.32 Å². The Bertz CT molecular complexity index is 205. The highest BCUT2D eigenvalue weighted by Gasteiger charge is 2.34. The summed E-state index contributed by atoms with van der Waals surface area (Å²) in [7, 11) is 2.15. The minimum atomic E-state index is 0.745. The highest BCUT2D eigenvalue weighted by atomic mass is 15.2. The maximum atomic E-state index is 3.57. The molecule has 0 spiro atoms. The summed E-state index contributed by atoms with van der Waals surface area (Å²) in [6.45, 7) is 3.70. The number of likely N-dealkylation sites (N-methyl/N-ethyl adjacent to an activating group) is 1. The third-order valence-electron chi connectivity index (χ3n) is 4.67. The van der Waals surface area contributed by atoms with Crippen LogP contribution in [0.5, 0.6) is 0 Å². The van der Waals surface area contributed by atoms with E-state index in [1.165, 1.54) is 57.9 Å². The maximum Gasteiger partial charge on any atom is 0.0252 e. The second-order valence-corrected chi connectivity index (χ2v) is 5.54. The summed E-state index contributed by atoms with van der Waals surface area (Å²) in [5.41, 5.74) is 0. The molecule has 2 fully saturated rings.